The summed E-state index contributed by atoms with van der Waals surface area (Å²) in [5.74, 6) is 1.56. The zero-order valence-corrected chi connectivity index (χ0v) is 9.27. The van der Waals surface area contributed by atoms with Crippen LogP contribution in [0.4, 0.5) is 5.82 Å². The van der Waals surface area contributed by atoms with E-state index in [0.717, 1.165) is 22.8 Å². The number of nitrogens with zero attached hydrogens (tertiary/aromatic N) is 2. The Morgan fingerprint density at radius 2 is 2.12 bits per heavy atom. The van der Waals surface area contributed by atoms with Gasteiger partial charge in [-0.2, -0.15) is 0 Å². The first-order valence-corrected chi connectivity index (χ1v) is 4.97. The van der Waals surface area contributed by atoms with Gasteiger partial charge in [-0.25, -0.2) is 4.98 Å². The van der Waals surface area contributed by atoms with Gasteiger partial charge < -0.3 is 10.1 Å². The monoisotopic (exact) mass is 215 g/mol. The molecule has 0 spiro atoms. The Labute approximate surface area is 94.3 Å². The van der Waals surface area contributed by atoms with Crippen LogP contribution in [0.5, 0.6) is 5.75 Å². The Morgan fingerprint density at radius 1 is 1.25 bits per heavy atom. The second kappa shape index (κ2) is 4.61. The molecule has 1 N–H and O–H groups in total. The van der Waals surface area contributed by atoms with Crippen molar-refractivity contribution in [3.8, 4) is 17.0 Å². The lowest BCUT2D eigenvalue weighted by atomic mass is 10.1. The number of benzene rings is 1. The second-order valence-electron chi connectivity index (χ2n) is 3.27. The van der Waals surface area contributed by atoms with E-state index >= 15 is 0 Å². The van der Waals surface area contributed by atoms with Gasteiger partial charge in [0.05, 0.1) is 25.2 Å². The Balaban J connectivity index is 2.41. The molecule has 0 aliphatic heterocycles. The van der Waals surface area contributed by atoms with E-state index in [4.69, 9.17) is 4.74 Å². The molecular weight excluding hydrogens is 202 g/mol. The van der Waals surface area contributed by atoms with Crippen LogP contribution in [0, 0.1) is 0 Å². The summed E-state index contributed by atoms with van der Waals surface area (Å²) in [6.45, 7) is 0. The Kier molecular flexibility index (Phi) is 3.00. The third kappa shape index (κ3) is 2.11. The minimum absolute atomic E-state index is 0.750. The minimum Gasteiger partial charge on any atom is -0.497 e. The number of aromatic nitrogens is 2. The van der Waals surface area contributed by atoms with Gasteiger partial charge in [0, 0.05) is 12.6 Å². The molecule has 0 saturated heterocycles. The Hall–Kier alpha value is -2.10. The smallest absolute Gasteiger partial charge is 0.144 e. The normalized spacial score (nSPS) is 9.88. The zero-order chi connectivity index (χ0) is 11.4. The van der Waals surface area contributed by atoms with Crippen molar-refractivity contribution in [1.29, 1.82) is 0 Å². The van der Waals surface area contributed by atoms with Crippen LogP contribution < -0.4 is 10.1 Å². The van der Waals surface area contributed by atoms with E-state index < -0.39 is 0 Å². The number of anilines is 1. The third-order valence-corrected chi connectivity index (χ3v) is 2.26. The molecule has 0 radical (unpaired) electrons. The van der Waals surface area contributed by atoms with Gasteiger partial charge in [0.15, 0.2) is 0 Å². The molecule has 4 heteroatoms. The number of hydrogen-bond donors (Lipinski definition) is 1. The molecule has 0 aliphatic carbocycles. The Morgan fingerprint density at radius 3 is 2.88 bits per heavy atom. The average molecular weight is 215 g/mol. The first kappa shape index (κ1) is 10.4. The van der Waals surface area contributed by atoms with E-state index in [-0.39, 0.29) is 0 Å². The SMILES string of the molecule is CNc1cncc(-c2cccc(OC)c2)n1. The van der Waals surface area contributed by atoms with Crippen LogP contribution in [0.1, 0.15) is 0 Å². The van der Waals surface area contributed by atoms with Crippen LogP contribution in [0.15, 0.2) is 36.7 Å². The lowest BCUT2D eigenvalue weighted by Crippen LogP contribution is -1.95. The highest BCUT2D eigenvalue weighted by Crippen LogP contribution is 2.22. The first-order valence-electron chi connectivity index (χ1n) is 4.97. The molecular formula is C12H13N3O. The minimum atomic E-state index is 0.750. The summed E-state index contributed by atoms with van der Waals surface area (Å²) in [6, 6.07) is 7.75. The quantitative estimate of drug-likeness (QED) is 0.852. The third-order valence-electron chi connectivity index (χ3n) is 2.26. The highest BCUT2D eigenvalue weighted by Gasteiger charge is 2.02. The molecule has 1 aromatic heterocycles. The van der Waals surface area contributed by atoms with E-state index in [1.165, 1.54) is 0 Å². The summed E-state index contributed by atoms with van der Waals surface area (Å²) in [5, 5.41) is 2.96. The topological polar surface area (TPSA) is 47.0 Å². The van der Waals surface area contributed by atoms with Crippen molar-refractivity contribution in [3.63, 3.8) is 0 Å². The number of hydrogen-bond acceptors (Lipinski definition) is 4. The van der Waals surface area contributed by atoms with Gasteiger partial charge in [0.2, 0.25) is 0 Å². The van der Waals surface area contributed by atoms with Gasteiger partial charge in [-0.1, -0.05) is 12.1 Å². The highest BCUT2D eigenvalue weighted by molar-refractivity contribution is 5.61. The predicted octanol–water partition coefficient (Wildman–Crippen LogP) is 2.19. The second-order valence-corrected chi connectivity index (χ2v) is 3.27. The van der Waals surface area contributed by atoms with E-state index in [0.29, 0.717) is 0 Å². The largest absolute Gasteiger partial charge is 0.497 e. The van der Waals surface area contributed by atoms with Crippen molar-refractivity contribution in [2.75, 3.05) is 19.5 Å². The van der Waals surface area contributed by atoms with Crippen LogP contribution in [0.25, 0.3) is 11.3 Å². The van der Waals surface area contributed by atoms with Gasteiger partial charge in [0.1, 0.15) is 11.6 Å². The molecule has 16 heavy (non-hydrogen) atoms. The summed E-state index contributed by atoms with van der Waals surface area (Å²) in [7, 11) is 3.47. The molecule has 82 valence electrons. The van der Waals surface area contributed by atoms with E-state index in [2.05, 4.69) is 15.3 Å². The lowest BCUT2D eigenvalue weighted by Gasteiger charge is -2.05. The zero-order valence-electron chi connectivity index (χ0n) is 9.27. The first-order chi connectivity index (χ1) is 7.83. The molecule has 0 atom stereocenters. The molecule has 0 fully saturated rings. The molecule has 2 aromatic rings. The summed E-state index contributed by atoms with van der Waals surface area (Å²) in [4.78, 5) is 8.53. The van der Waals surface area contributed by atoms with Gasteiger partial charge >= 0.3 is 0 Å². The maximum Gasteiger partial charge on any atom is 0.144 e. The average Bonchev–Trinajstić information content (AvgIpc) is 2.39. The molecule has 0 amide bonds. The van der Waals surface area contributed by atoms with Crippen molar-refractivity contribution in [2.45, 2.75) is 0 Å². The van der Waals surface area contributed by atoms with Crippen molar-refractivity contribution < 1.29 is 4.74 Å². The fourth-order valence-electron chi connectivity index (χ4n) is 1.41. The number of methoxy groups -OCH3 is 1. The maximum absolute atomic E-state index is 5.17. The van der Waals surface area contributed by atoms with Gasteiger partial charge in [0.25, 0.3) is 0 Å². The lowest BCUT2D eigenvalue weighted by molar-refractivity contribution is 0.415. The number of nitrogens with one attached hydrogen (secondary N) is 1. The van der Waals surface area contributed by atoms with Crippen LogP contribution in [-0.4, -0.2) is 24.1 Å². The van der Waals surface area contributed by atoms with Crippen molar-refractivity contribution >= 4 is 5.82 Å². The number of ether oxygens (including phenoxy) is 1. The summed E-state index contributed by atoms with van der Waals surface area (Å²) < 4.78 is 5.17. The van der Waals surface area contributed by atoms with Crippen LogP contribution >= 0.6 is 0 Å². The Bertz CT molecular complexity index is 440. The molecule has 1 aromatic carbocycles. The fraction of sp³-hybridized carbons (Fsp3) is 0.167. The van der Waals surface area contributed by atoms with Gasteiger partial charge in [-0.05, 0) is 12.1 Å². The predicted molar refractivity (Wildman–Crippen MR) is 63.6 cm³/mol. The van der Waals surface area contributed by atoms with Crippen molar-refractivity contribution in [3.05, 3.63) is 36.7 Å². The number of rotatable bonds is 3. The fourth-order valence-corrected chi connectivity index (χ4v) is 1.41. The maximum atomic E-state index is 5.17. The van der Waals surface area contributed by atoms with Gasteiger partial charge in [-0.15, -0.1) is 0 Å². The van der Waals surface area contributed by atoms with E-state index in [1.54, 1.807) is 19.5 Å². The summed E-state index contributed by atoms with van der Waals surface area (Å²) >= 11 is 0. The molecule has 0 saturated carbocycles. The van der Waals surface area contributed by atoms with Gasteiger partial charge in [-0.3, -0.25) is 4.98 Å². The molecule has 0 bridgehead atoms. The van der Waals surface area contributed by atoms with Crippen LogP contribution in [0.3, 0.4) is 0 Å². The van der Waals surface area contributed by atoms with Crippen LogP contribution in [0.2, 0.25) is 0 Å². The summed E-state index contributed by atoms with van der Waals surface area (Å²) in [6.07, 6.45) is 3.42. The van der Waals surface area contributed by atoms with Crippen molar-refractivity contribution in [1.82, 2.24) is 9.97 Å². The van der Waals surface area contributed by atoms with E-state index in [1.807, 2.05) is 31.3 Å². The summed E-state index contributed by atoms with van der Waals surface area (Å²) in [5.41, 5.74) is 1.81. The van der Waals surface area contributed by atoms with E-state index in [9.17, 15) is 0 Å². The molecule has 0 unspecified atom stereocenters. The molecule has 0 aliphatic rings. The van der Waals surface area contributed by atoms with Crippen LogP contribution in [-0.2, 0) is 0 Å². The standard InChI is InChI=1S/C12H13N3O/c1-13-12-8-14-7-11(15-12)9-4-3-5-10(6-9)16-2/h3-8H,1-2H3,(H,13,15). The highest BCUT2D eigenvalue weighted by atomic mass is 16.5. The van der Waals surface area contributed by atoms with Crippen molar-refractivity contribution in [2.24, 2.45) is 0 Å². The molecule has 4 nitrogen and oxygen atoms in total. The molecule has 1 heterocycles. The molecule has 2 rings (SSSR count).